The molecule has 7 heteroatoms. The quantitative estimate of drug-likeness (QED) is 0.700. The fraction of sp³-hybridized carbons (Fsp3) is 0.571. The lowest BCUT2D eigenvalue weighted by atomic mass is 9.98. The maximum absolute atomic E-state index is 13.2. The van der Waals surface area contributed by atoms with Gasteiger partial charge in [0.2, 0.25) is 11.8 Å². The lowest BCUT2D eigenvalue weighted by Gasteiger charge is -2.35. The van der Waals surface area contributed by atoms with Gasteiger partial charge in [0.15, 0.2) is 0 Å². The predicted molar refractivity (Wildman–Crippen MR) is 104 cm³/mol. The summed E-state index contributed by atoms with van der Waals surface area (Å²) in [6.45, 7) is 5.27. The summed E-state index contributed by atoms with van der Waals surface area (Å²) in [6, 6.07) is 6.82. The minimum absolute atomic E-state index is 0.102. The zero-order chi connectivity index (χ0) is 20.1. The number of rotatable bonds is 6. The second kappa shape index (κ2) is 9.08. The number of para-hydroxylation sites is 2. The summed E-state index contributed by atoms with van der Waals surface area (Å²) >= 11 is 0. The maximum atomic E-state index is 13.2. The molecule has 2 amide bonds. The third kappa shape index (κ3) is 4.13. The Hall–Kier alpha value is -2.57. The van der Waals surface area contributed by atoms with Crippen LogP contribution in [0.2, 0.25) is 0 Å². The highest BCUT2D eigenvalue weighted by Gasteiger charge is 2.42. The van der Waals surface area contributed by atoms with Gasteiger partial charge in [0.05, 0.1) is 24.8 Å². The Morgan fingerprint density at radius 1 is 1.14 bits per heavy atom. The van der Waals surface area contributed by atoms with E-state index in [1.807, 2.05) is 31.2 Å². The summed E-state index contributed by atoms with van der Waals surface area (Å²) in [5.41, 5.74) is 0.685. The zero-order valence-electron chi connectivity index (χ0n) is 16.6. The summed E-state index contributed by atoms with van der Waals surface area (Å²) in [4.78, 5) is 41.3. The molecular formula is C21H28N2O5. The summed E-state index contributed by atoms with van der Waals surface area (Å²) in [6.07, 6.45) is 2.51. The standard InChI is InChI=1S/C21H28N2O5/c1-3-27-18-11-6-5-9-16(18)23-14-15(13-19(23)24)20(25)22-12-8-7-10-17(22)21(26)28-4-2/h5-6,9,11,15,17H,3-4,7-8,10,12-14H2,1-2H3. The van der Waals surface area contributed by atoms with Crippen LogP contribution in [0.1, 0.15) is 39.5 Å². The average molecular weight is 388 g/mol. The largest absolute Gasteiger partial charge is 0.492 e. The summed E-state index contributed by atoms with van der Waals surface area (Å²) in [7, 11) is 0. The smallest absolute Gasteiger partial charge is 0.328 e. The van der Waals surface area contributed by atoms with E-state index < -0.39 is 12.0 Å². The number of piperidine rings is 1. The number of carbonyl (C=O) groups is 3. The van der Waals surface area contributed by atoms with E-state index in [0.29, 0.717) is 44.2 Å². The molecule has 0 aliphatic carbocycles. The van der Waals surface area contributed by atoms with Crippen molar-refractivity contribution in [3.8, 4) is 5.75 Å². The number of anilines is 1. The molecule has 2 heterocycles. The van der Waals surface area contributed by atoms with Crippen LogP contribution in [0.25, 0.3) is 0 Å². The predicted octanol–water partition coefficient (Wildman–Crippen LogP) is 2.38. The van der Waals surface area contributed by atoms with Crippen LogP contribution < -0.4 is 9.64 Å². The number of ether oxygens (including phenoxy) is 2. The van der Waals surface area contributed by atoms with Crippen molar-refractivity contribution in [2.45, 2.75) is 45.6 Å². The molecule has 2 aliphatic rings. The molecule has 152 valence electrons. The highest BCUT2D eigenvalue weighted by Crippen LogP contribution is 2.34. The Morgan fingerprint density at radius 3 is 2.68 bits per heavy atom. The minimum Gasteiger partial charge on any atom is -0.492 e. The Morgan fingerprint density at radius 2 is 1.93 bits per heavy atom. The first-order valence-electron chi connectivity index (χ1n) is 10.1. The molecule has 1 aromatic rings. The first-order valence-corrected chi connectivity index (χ1v) is 10.1. The highest BCUT2D eigenvalue weighted by molar-refractivity contribution is 6.01. The van der Waals surface area contributed by atoms with Crippen LogP contribution in [-0.4, -0.2) is 55.0 Å². The van der Waals surface area contributed by atoms with Gasteiger partial charge in [-0.2, -0.15) is 0 Å². The topological polar surface area (TPSA) is 76.2 Å². The summed E-state index contributed by atoms with van der Waals surface area (Å²) in [5, 5.41) is 0. The lowest BCUT2D eigenvalue weighted by Crippen LogP contribution is -2.51. The van der Waals surface area contributed by atoms with Gasteiger partial charge < -0.3 is 19.3 Å². The van der Waals surface area contributed by atoms with Crippen molar-refractivity contribution in [1.29, 1.82) is 0 Å². The number of amides is 2. The van der Waals surface area contributed by atoms with Crippen molar-refractivity contribution in [2.24, 2.45) is 5.92 Å². The van der Waals surface area contributed by atoms with Crippen LogP contribution in [0, 0.1) is 5.92 Å². The fourth-order valence-electron chi connectivity index (χ4n) is 3.98. The van der Waals surface area contributed by atoms with Gasteiger partial charge in [-0.05, 0) is 45.2 Å². The maximum Gasteiger partial charge on any atom is 0.328 e. The van der Waals surface area contributed by atoms with Gasteiger partial charge in [0, 0.05) is 19.5 Å². The molecule has 2 aliphatic heterocycles. The van der Waals surface area contributed by atoms with Crippen LogP contribution in [0.4, 0.5) is 5.69 Å². The second-order valence-electron chi connectivity index (χ2n) is 7.10. The van der Waals surface area contributed by atoms with Crippen molar-refractivity contribution in [1.82, 2.24) is 4.90 Å². The van der Waals surface area contributed by atoms with Crippen molar-refractivity contribution in [3.05, 3.63) is 24.3 Å². The first kappa shape index (κ1) is 20.2. The van der Waals surface area contributed by atoms with E-state index in [1.54, 1.807) is 16.7 Å². The van der Waals surface area contributed by atoms with E-state index in [-0.39, 0.29) is 24.2 Å². The molecule has 1 aromatic carbocycles. The van der Waals surface area contributed by atoms with Gasteiger partial charge in [0.1, 0.15) is 11.8 Å². The van der Waals surface area contributed by atoms with Crippen LogP contribution in [0.15, 0.2) is 24.3 Å². The zero-order valence-corrected chi connectivity index (χ0v) is 16.6. The molecule has 0 spiro atoms. The van der Waals surface area contributed by atoms with Crippen LogP contribution in [-0.2, 0) is 19.1 Å². The molecule has 0 N–H and O–H groups in total. The third-order valence-corrected chi connectivity index (χ3v) is 5.27. The molecule has 2 unspecified atom stereocenters. The normalized spacial score (nSPS) is 22.3. The van der Waals surface area contributed by atoms with Crippen molar-refractivity contribution in [2.75, 3.05) is 31.2 Å². The summed E-state index contributed by atoms with van der Waals surface area (Å²) < 4.78 is 10.8. The fourth-order valence-corrected chi connectivity index (χ4v) is 3.98. The summed E-state index contributed by atoms with van der Waals surface area (Å²) in [5.74, 6) is -0.415. The number of hydrogen-bond acceptors (Lipinski definition) is 5. The number of benzene rings is 1. The molecule has 0 saturated carbocycles. The highest BCUT2D eigenvalue weighted by atomic mass is 16.5. The first-order chi connectivity index (χ1) is 13.6. The Labute approximate surface area is 165 Å². The van der Waals surface area contributed by atoms with Crippen LogP contribution >= 0.6 is 0 Å². The van der Waals surface area contributed by atoms with Gasteiger partial charge in [0.25, 0.3) is 0 Å². The van der Waals surface area contributed by atoms with Gasteiger partial charge in [-0.3, -0.25) is 9.59 Å². The van der Waals surface area contributed by atoms with Crippen molar-refractivity contribution in [3.63, 3.8) is 0 Å². The molecule has 2 atom stereocenters. The van der Waals surface area contributed by atoms with Crippen LogP contribution in [0.5, 0.6) is 5.75 Å². The lowest BCUT2D eigenvalue weighted by molar-refractivity contribution is -0.158. The Balaban J connectivity index is 1.75. The molecule has 0 radical (unpaired) electrons. The minimum atomic E-state index is -0.541. The Bertz CT molecular complexity index is 735. The van der Waals surface area contributed by atoms with Gasteiger partial charge >= 0.3 is 5.97 Å². The van der Waals surface area contributed by atoms with Crippen molar-refractivity contribution >= 4 is 23.5 Å². The third-order valence-electron chi connectivity index (χ3n) is 5.27. The molecule has 0 aromatic heterocycles. The van der Waals surface area contributed by atoms with Gasteiger partial charge in [-0.25, -0.2) is 4.79 Å². The van der Waals surface area contributed by atoms with Crippen molar-refractivity contribution < 1.29 is 23.9 Å². The van der Waals surface area contributed by atoms with Gasteiger partial charge in [-0.1, -0.05) is 12.1 Å². The molecule has 2 saturated heterocycles. The van der Waals surface area contributed by atoms with E-state index in [9.17, 15) is 14.4 Å². The number of esters is 1. The van der Waals surface area contributed by atoms with Crippen LogP contribution in [0.3, 0.4) is 0 Å². The molecule has 7 nitrogen and oxygen atoms in total. The monoisotopic (exact) mass is 388 g/mol. The molecule has 2 fully saturated rings. The number of hydrogen-bond donors (Lipinski definition) is 0. The van der Waals surface area contributed by atoms with E-state index in [1.165, 1.54) is 0 Å². The Kier molecular flexibility index (Phi) is 6.54. The van der Waals surface area contributed by atoms with E-state index in [2.05, 4.69) is 0 Å². The van der Waals surface area contributed by atoms with E-state index in [4.69, 9.17) is 9.47 Å². The number of likely N-dealkylation sites (tertiary alicyclic amines) is 1. The molecule has 28 heavy (non-hydrogen) atoms. The van der Waals surface area contributed by atoms with E-state index in [0.717, 1.165) is 12.8 Å². The van der Waals surface area contributed by atoms with Gasteiger partial charge in [-0.15, -0.1) is 0 Å². The molecular weight excluding hydrogens is 360 g/mol. The molecule has 0 bridgehead atoms. The number of nitrogens with zero attached hydrogens (tertiary/aromatic N) is 2. The molecule has 3 rings (SSSR count). The SMILES string of the molecule is CCOC(=O)C1CCCCN1C(=O)C1CC(=O)N(c2ccccc2OCC)C1. The average Bonchev–Trinajstić information content (AvgIpc) is 3.10. The van der Waals surface area contributed by atoms with E-state index >= 15 is 0 Å². The second-order valence-corrected chi connectivity index (χ2v) is 7.10. The number of carbonyl (C=O) groups excluding carboxylic acids is 3.